The van der Waals surface area contributed by atoms with Gasteiger partial charge in [-0.15, -0.1) is 0 Å². The van der Waals surface area contributed by atoms with Crippen molar-refractivity contribution in [2.75, 3.05) is 29.8 Å². The van der Waals surface area contributed by atoms with Gasteiger partial charge in [-0.3, -0.25) is 28.2 Å². The van der Waals surface area contributed by atoms with Gasteiger partial charge in [0.2, 0.25) is 0 Å². The monoisotopic (exact) mass is 1280 g/mol. The Labute approximate surface area is 514 Å². The van der Waals surface area contributed by atoms with Gasteiger partial charge in [0.05, 0.1) is 69.7 Å². The minimum Gasteiger partial charge on any atom is -0.491 e. The smallest absolute Gasteiger partial charge is 0.306 e. The van der Waals surface area contributed by atoms with Gasteiger partial charge in [-0.2, -0.15) is 0 Å². The molecule has 0 spiro atoms. The van der Waals surface area contributed by atoms with Crippen molar-refractivity contribution in [3.63, 3.8) is 0 Å². The van der Waals surface area contributed by atoms with Gasteiger partial charge < -0.3 is 18.9 Å². The summed E-state index contributed by atoms with van der Waals surface area (Å²) in [5, 5.41) is 0.437. The number of para-hydroxylation sites is 2. The molecule has 0 radical (unpaired) electrons. The number of rotatable bonds is 25. The maximum atomic E-state index is 13.4. The number of methoxy groups -OCH3 is 1. The summed E-state index contributed by atoms with van der Waals surface area (Å²) in [7, 11) is -6.51. The molecule has 0 saturated heterocycles. The summed E-state index contributed by atoms with van der Waals surface area (Å²) in [6.07, 6.45) is 4.77. The number of ether oxygens (including phenoxy) is 4. The molecule has 8 aromatic carbocycles. The second-order valence-electron chi connectivity index (χ2n) is 20.2. The van der Waals surface area contributed by atoms with Crippen molar-refractivity contribution >= 4 is 93.0 Å². The quantitative estimate of drug-likeness (QED) is 0.0406. The van der Waals surface area contributed by atoms with Gasteiger partial charge in [0.1, 0.15) is 23.1 Å². The van der Waals surface area contributed by atoms with Crippen molar-refractivity contribution in [3.8, 4) is 45.6 Å². The Bertz CT molecular complexity index is 4140. The lowest BCUT2D eigenvalue weighted by Gasteiger charge is -2.15. The molecule has 444 valence electrons. The first-order chi connectivity index (χ1) is 41.6. The number of sulfonamides is 2. The molecule has 0 aliphatic heterocycles. The largest absolute Gasteiger partial charge is 0.491 e. The fourth-order valence-corrected chi connectivity index (χ4v) is 11.9. The minimum absolute atomic E-state index is 0.0700. The third-order valence-electron chi connectivity index (χ3n) is 13.5. The van der Waals surface area contributed by atoms with E-state index < -0.39 is 20.0 Å². The van der Waals surface area contributed by atoms with Gasteiger partial charge in [0.15, 0.2) is 0 Å². The summed E-state index contributed by atoms with van der Waals surface area (Å²) in [4.78, 5) is 33.4. The molecular weight excluding hydrogens is 1220 g/mol. The number of halogens is 2. The molecule has 10 aromatic rings. The molecule has 10 rings (SSSR count). The highest BCUT2D eigenvalue weighted by Gasteiger charge is 2.24. The number of anilines is 2. The Morgan fingerprint density at radius 3 is 1.33 bits per heavy atom. The Balaban J connectivity index is 0.000000206. The molecule has 16 nitrogen and oxygen atoms in total. The number of nitrogens with one attached hydrogen (secondary N) is 2. The van der Waals surface area contributed by atoms with Crippen LogP contribution >= 0.6 is 27.5 Å². The fourth-order valence-electron chi connectivity index (χ4n) is 9.37. The topological polar surface area (TPSA) is 199 Å². The van der Waals surface area contributed by atoms with E-state index in [4.69, 9.17) is 40.5 Å². The Morgan fingerprint density at radius 2 is 0.919 bits per heavy atom. The summed E-state index contributed by atoms with van der Waals surface area (Å²) in [5.41, 5.74) is 6.94. The number of carbonyl (C=O) groups is 2. The van der Waals surface area contributed by atoms with E-state index >= 15 is 0 Å². The number of benzene rings is 8. The van der Waals surface area contributed by atoms with Crippen LogP contribution in [-0.4, -0.2) is 74.3 Å². The van der Waals surface area contributed by atoms with Gasteiger partial charge in [0, 0.05) is 57.0 Å². The van der Waals surface area contributed by atoms with E-state index in [0.717, 1.165) is 56.7 Å². The van der Waals surface area contributed by atoms with E-state index in [9.17, 15) is 26.4 Å². The maximum Gasteiger partial charge on any atom is 0.306 e. The van der Waals surface area contributed by atoms with E-state index in [-0.39, 0.29) is 33.5 Å². The van der Waals surface area contributed by atoms with Gasteiger partial charge in [-0.1, -0.05) is 125 Å². The number of imidazole rings is 2. The number of hydrogen-bond donors (Lipinski definition) is 2. The second-order valence-corrected chi connectivity index (χ2v) is 24.9. The van der Waals surface area contributed by atoms with E-state index in [1.807, 2.05) is 156 Å². The molecule has 0 atom stereocenters. The molecule has 0 saturated carbocycles. The number of carbonyl (C=O) groups excluding carboxylic acids is 2. The van der Waals surface area contributed by atoms with Crippen LogP contribution in [0.5, 0.6) is 11.5 Å². The molecular formula is C66H64BrClN6O10S2. The van der Waals surface area contributed by atoms with Crippen LogP contribution in [0.3, 0.4) is 0 Å². The predicted molar refractivity (Wildman–Crippen MR) is 341 cm³/mol. The number of nitrogens with zero attached hydrogens (tertiary/aromatic N) is 4. The van der Waals surface area contributed by atoms with E-state index in [1.54, 1.807) is 24.3 Å². The lowest BCUT2D eigenvalue weighted by atomic mass is 10.2. The van der Waals surface area contributed by atoms with Gasteiger partial charge >= 0.3 is 11.9 Å². The average molecular weight is 1280 g/mol. The maximum absolute atomic E-state index is 13.4. The van der Waals surface area contributed by atoms with E-state index in [1.165, 1.54) is 43.5 Å². The Morgan fingerprint density at radius 1 is 0.523 bits per heavy atom. The van der Waals surface area contributed by atoms with Crippen LogP contribution in [0.25, 0.3) is 56.2 Å². The zero-order valence-electron chi connectivity index (χ0n) is 47.6. The summed E-state index contributed by atoms with van der Waals surface area (Å²) in [6, 6.07) is 58.8. The van der Waals surface area contributed by atoms with E-state index in [0.29, 0.717) is 90.8 Å². The van der Waals surface area contributed by atoms with Crippen LogP contribution in [0, 0.1) is 0 Å². The molecule has 0 amide bonds. The zero-order valence-corrected chi connectivity index (χ0v) is 51.5. The summed E-state index contributed by atoms with van der Waals surface area (Å²) in [6.45, 7) is 4.32. The van der Waals surface area contributed by atoms with Crippen molar-refractivity contribution < 1.29 is 45.4 Å². The fraction of sp³-hybridized carbons (Fsp3) is 0.212. The molecule has 0 fully saturated rings. The van der Waals surface area contributed by atoms with Crippen LogP contribution in [0.15, 0.2) is 208 Å². The van der Waals surface area contributed by atoms with Crippen LogP contribution < -0.4 is 18.9 Å². The van der Waals surface area contributed by atoms with Crippen molar-refractivity contribution in [1.82, 2.24) is 19.1 Å². The highest BCUT2D eigenvalue weighted by atomic mass is 79.9. The molecule has 0 bridgehead atoms. The van der Waals surface area contributed by atoms with Gasteiger partial charge in [-0.05, 0) is 137 Å². The van der Waals surface area contributed by atoms with Crippen LogP contribution in [0.1, 0.15) is 65.2 Å². The first-order valence-corrected chi connectivity index (χ1v) is 32.1. The molecule has 2 aromatic heterocycles. The molecule has 0 aliphatic carbocycles. The summed E-state index contributed by atoms with van der Waals surface area (Å²) >= 11 is 9.34. The standard InChI is InChI=1S/C34H34BrN3O5S.C32H30ClN3O5S/c1-24(2)43-33(39)16-10-5-11-21-42-32-23-31-29(22-30(32)37-44(40,41)28-19-17-26(35)18-20-28)36-34(25-12-6-3-7-13-25)38(31)27-14-8-4-9-15-27;1-40-31(37)15-9-4-10-20-41-30-22-29-27(21-28(30)35-42(38,39)26-18-16-24(33)17-19-26)34-32(23-11-5-2-6-12-23)36(29)25-13-7-3-8-14-25/h3-4,6-9,12-15,17-20,22-24,37H,5,10-11,16,21H2,1-2H3;2-3,5-8,11-14,16-19,21-22,35H,4,9-10,15,20H2,1H3. The van der Waals surface area contributed by atoms with Crippen molar-refractivity contribution in [2.45, 2.75) is 81.1 Å². The molecule has 2 N–H and O–H groups in total. The van der Waals surface area contributed by atoms with Crippen LogP contribution in [-0.2, 0) is 39.1 Å². The predicted octanol–water partition coefficient (Wildman–Crippen LogP) is 15.4. The third-order valence-corrected chi connectivity index (χ3v) is 17.0. The minimum atomic E-state index is -3.96. The average Bonchev–Trinajstić information content (AvgIpc) is 1.71. The Kier molecular flexibility index (Phi) is 21.0. The van der Waals surface area contributed by atoms with Gasteiger partial charge in [0.25, 0.3) is 20.0 Å². The number of esters is 2. The number of unbranched alkanes of at least 4 members (excludes halogenated alkanes) is 4. The molecule has 0 aliphatic rings. The molecule has 0 unspecified atom stereocenters. The summed E-state index contributed by atoms with van der Waals surface area (Å²) in [5.74, 6) is 1.73. The van der Waals surface area contributed by atoms with Gasteiger partial charge in [-0.25, -0.2) is 26.8 Å². The first-order valence-electron chi connectivity index (χ1n) is 28.0. The lowest BCUT2D eigenvalue weighted by Crippen LogP contribution is -2.14. The molecule has 2 heterocycles. The zero-order chi connectivity index (χ0) is 60.6. The highest BCUT2D eigenvalue weighted by Crippen LogP contribution is 2.39. The molecule has 20 heteroatoms. The van der Waals surface area contributed by atoms with Crippen LogP contribution in [0.2, 0.25) is 5.02 Å². The highest BCUT2D eigenvalue weighted by molar-refractivity contribution is 9.10. The normalized spacial score (nSPS) is 11.5. The van der Waals surface area contributed by atoms with Crippen molar-refractivity contribution in [3.05, 3.63) is 204 Å². The van der Waals surface area contributed by atoms with Crippen LogP contribution in [0.4, 0.5) is 11.4 Å². The second kappa shape index (κ2) is 29.1. The third kappa shape index (κ3) is 16.1. The van der Waals surface area contributed by atoms with Crippen molar-refractivity contribution in [2.24, 2.45) is 0 Å². The lowest BCUT2D eigenvalue weighted by molar-refractivity contribution is -0.147. The number of aromatic nitrogens is 4. The first kappa shape index (κ1) is 62.1. The number of hydrogen-bond acceptors (Lipinski definition) is 12. The molecule has 86 heavy (non-hydrogen) atoms. The van der Waals surface area contributed by atoms with E-state index in [2.05, 4.69) is 25.4 Å². The summed E-state index contributed by atoms with van der Waals surface area (Å²) < 4.78 is 86.1. The SMILES string of the molecule is CC(C)OC(=O)CCCCCOc1cc2c(cc1NS(=O)(=O)c1ccc(Br)cc1)nc(-c1ccccc1)n2-c1ccccc1.COC(=O)CCCCCOc1cc2c(cc1NS(=O)(=O)c1ccc(Cl)cc1)nc(-c1ccccc1)n2-c1ccccc1. The van der Waals surface area contributed by atoms with Crippen molar-refractivity contribution in [1.29, 1.82) is 0 Å². The Hall–Kier alpha value is -8.49. The number of fused-ring (bicyclic) bond motifs is 2.